The van der Waals surface area contributed by atoms with Crippen molar-refractivity contribution in [2.24, 2.45) is 0 Å². The molecule has 2 aromatic rings. The van der Waals surface area contributed by atoms with Crippen LogP contribution in [0, 0.1) is 18.3 Å². The van der Waals surface area contributed by atoms with Crippen molar-refractivity contribution in [1.82, 2.24) is 5.32 Å². The lowest BCUT2D eigenvalue weighted by Gasteiger charge is -2.30. The number of ether oxygens (including phenoxy) is 2. The van der Waals surface area contributed by atoms with Gasteiger partial charge in [0.15, 0.2) is 0 Å². The molecular formula is C28H28N2O4. The van der Waals surface area contributed by atoms with Crippen molar-refractivity contribution in [3.05, 3.63) is 99.9 Å². The number of carbonyl (C=O) groups is 2. The molecule has 1 N–H and O–H groups in total. The van der Waals surface area contributed by atoms with Crippen molar-refractivity contribution in [3.63, 3.8) is 0 Å². The first-order valence-corrected chi connectivity index (χ1v) is 11.1. The predicted octanol–water partition coefficient (Wildman–Crippen LogP) is 4.94. The zero-order chi connectivity index (χ0) is 24.5. The van der Waals surface area contributed by atoms with Gasteiger partial charge in [0.2, 0.25) is 0 Å². The van der Waals surface area contributed by atoms with Crippen LogP contribution in [0.4, 0.5) is 0 Å². The lowest BCUT2D eigenvalue weighted by Crippen LogP contribution is -2.32. The molecule has 0 radical (unpaired) electrons. The molecule has 34 heavy (non-hydrogen) atoms. The van der Waals surface area contributed by atoms with Crippen molar-refractivity contribution < 1.29 is 19.1 Å². The van der Waals surface area contributed by atoms with Crippen molar-refractivity contribution in [1.29, 1.82) is 5.26 Å². The number of esters is 2. The second-order valence-corrected chi connectivity index (χ2v) is 8.00. The minimum absolute atomic E-state index is 0.0144. The Kier molecular flexibility index (Phi) is 8.42. The second kappa shape index (κ2) is 11.7. The molecule has 0 aromatic heterocycles. The quantitative estimate of drug-likeness (QED) is 0.447. The van der Waals surface area contributed by atoms with E-state index in [9.17, 15) is 9.59 Å². The van der Waals surface area contributed by atoms with Crippen LogP contribution in [0.15, 0.2) is 83.2 Å². The third kappa shape index (κ3) is 6.02. The number of nitriles is 1. The van der Waals surface area contributed by atoms with Crippen LogP contribution >= 0.6 is 0 Å². The van der Waals surface area contributed by atoms with E-state index in [1.165, 1.54) is 0 Å². The van der Waals surface area contributed by atoms with Crippen LogP contribution in [0.1, 0.15) is 42.9 Å². The molecule has 6 nitrogen and oxygen atoms in total. The molecule has 3 rings (SSSR count). The minimum atomic E-state index is -0.651. The van der Waals surface area contributed by atoms with E-state index in [4.69, 9.17) is 14.7 Å². The maximum atomic E-state index is 13.2. The first kappa shape index (κ1) is 24.5. The highest BCUT2D eigenvalue weighted by Crippen LogP contribution is 2.39. The zero-order valence-corrected chi connectivity index (χ0v) is 19.6. The Labute approximate surface area is 200 Å². The number of aryl methyl sites for hydroxylation is 1. The van der Waals surface area contributed by atoms with Gasteiger partial charge >= 0.3 is 11.9 Å². The van der Waals surface area contributed by atoms with Gasteiger partial charge in [-0.15, -0.1) is 0 Å². The van der Waals surface area contributed by atoms with Crippen molar-refractivity contribution >= 4 is 18.0 Å². The Bertz CT molecular complexity index is 1170. The molecule has 1 unspecified atom stereocenters. The number of hydrogen-bond donors (Lipinski definition) is 1. The number of rotatable bonds is 8. The summed E-state index contributed by atoms with van der Waals surface area (Å²) in [4.78, 5) is 26.2. The lowest BCUT2D eigenvalue weighted by atomic mass is 9.80. The van der Waals surface area contributed by atoms with Crippen LogP contribution in [0.3, 0.4) is 0 Å². The molecule has 1 atom stereocenters. The van der Waals surface area contributed by atoms with Gasteiger partial charge in [0, 0.05) is 11.4 Å². The molecule has 0 saturated heterocycles. The van der Waals surface area contributed by atoms with E-state index in [-0.39, 0.29) is 19.6 Å². The highest BCUT2D eigenvalue weighted by molar-refractivity contribution is 6.00. The molecule has 0 aliphatic carbocycles. The van der Waals surface area contributed by atoms with Gasteiger partial charge in [0.25, 0.3) is 0 Å². The summed E-state index contributed by atoms with van der Waals surface area (Å²) >= 11 is 0. The van der Waals surface area contributed by atoms with Crippen LogP contribution in [0.25, 0.3) is 6.08 Å². The fourth-order valence-corrected chi connectivity index (χ4v) is 3.84. The standard InChI is InChI=1S/C28H28N2O4/c1-19-12-14-23(15-13-19)26-24(27(31)33-17-7-11-22-9-5-4-6-10-22)20(2)30-21(3)25(26)28(32)34-18-8-16-29/h4-7,9-15,26,30H,8,17-18H2,1-3H3/b11-7+. The van der Waals surface area contributed by atoms with Gasteiger partial charge in [-0.05, 0) is 38.0 Å². The highest BCUT2D eigenvalue weighted by atomic mass is 16.5. The lowest BCUT2D eigenvalue weighted by molar-refractivity contribution is -0.139. The molecule has 0 fully saturated rings. The number of nitrogens with zero attached hydrogens (tertiary/aromatic N) is 1. The molecule has 1 aliphatic heterocycles. The molecule has 0 saturated carbocycles. The molecule has 1 heterocycles. The summed E-state index contributed by atoms with van der Waals surface area (Å²) < 4.78 is 10.9. The van der Waals surface area contributed by atoms with Crippen molar-refractivity contribution in [2.75, 3.05) is 13.2 Å². The molecule has 174 valence electrons. The summed E-state index contributed by atoms with van der Waals surface area (Å²) in [5.41, 5.74) is 4.76. The van der Waals surface area contributed by atoms with E-state index in [1.807, 2.05) is 73.7 Å². The molecule has 0 bridgehead atoms. The highest BCUT2D eigenvalue weighted by Gasteiger charge is 2.37. The minimum Gasteiger partial charge on any atom is -0.461 e. The number of carbonyl (C=O) groups excluding carboxylic acids is 2. The third-order valence-electron chi connectivity index (χ3n) is 5.48. The summed E-state index contributed by atoms with van der Waals surface area (Å²) in [5.74, 6) is -1.72. The van der Waals surface area contributed by atoms with E-state index >= 15 is 0 Å². The van der Waals surface area contributed by atoms with E-state index in [1.54, 1.807) is 19.9 Å². The van der Waals surface area contributed by atoms with Crippen LogP contribution in [-0.4, -0.2) is 25.2 Å². The van der Waals surface area contributed by atoms with Crippen LogP contribution in [0.5, 0.6) is 0 Å². The molecule has 0 spiro atoms. The second-order valence-electron chi connectivity index (χ2n) is 8.00. The molecule has 1 aliphatic rings. The van der Waals surface area contributed by atoms with E-state index < -0.39 is 17.9 Å². The summed E-state index contributed by atoms with van der Waals surface area (Å²) in [7, 11) is 0. The normalized spacial score (nSPS) is 15.6. The van der Waals surface area contributed by atoms with E-state index in [0.29, 0.717) is 22.5 Å². The van der Waals surface area contributed by atoms with Gasteiger partial charge in [0.05, 0.1) is 29.6 Å². The number of benzene rings is 2. The Balaban J connectivity index is 1.88. The largest absolute Gasteiger partial charge is 0.461 e. The van der Waals surface area contributed by atoms with Gasteiger partial charge in [-0.3, -0.25) is 0 Å². The van der Waals surface area contributed by atoms with Gasteiger partial charge in [-0.2, -0.15) is 5.26 Å². The Morgan fingerprint density at radius 1 is 0.941 bits per heavy atom. The van der Waals surface area contributed by atoms with Crippen LogP contribution in [0.2, 0.25) is 0 Å². The predicted molar refractivity (Wildman–Crippen MR) is 130 cm³/mol. The van der Waals surface area contributed by atoms with Gasteiger partial charge in [-0.1, -0.05) is 66.2 Å². The molecule has 2 aromatic carbocycles. The summed E-state index contributed by atoms with van der Waals surface area (Å²) in [5, 5.41) is 11.9. The summed E-state index contributed by atoms with van der Waals surface area (Å²) in [6, 6.07) is 19.4. The van der Waals surface area contributed by atoms with Crippen LogP contribution < -0.4 is 5.32 Å². The van der Waals surface area contributed by atoms with Crippen molar-refractivity contribution in [3.8, 4) is 6.07 Å². The Morgan fingerprint density at radius 3 is 2.18 bits per heavy atom. The number of allylic oxidation sites excluding steroid dienone is 2. The fourth-order valence-electron chi connectivity index (χ4n) is 3.84. The average molecular weight is 457 g/mol. The third-order valence-corrected chi connectivity index (χ3v) is 5.48. The SMILES string of the molecule is CC1=C(C(=O)OC/C=C/c2ccccc2)C(c2ccc(C)cc2)C(C(=O)OCCC#N)=C(C)N1. The van der Waals surface area contributed by atoms with Gasteiger partial charge in [-0.25, -0.2) is 9.59 Å². The topological polar surface area (TPSA) is 88.4 Å². The number of dihydropyridines is 1. The Morgan fingerprint density at radius 2 is 1.56 bits per heavy atom. The molecular weight excluding hydrogens is 428 g/mol. The van der Waals surface area contributed by atoms with Gasteiger partial charge < -0.3 is 14.8 Å². The van der Waals surface area contributed by atoms with Crippen LogP contribution in [-0.2, 0) is 19.1 Å². The first-order chi connectivity index (χ1) is 16.4. The molecule has 6 heteroatoms. The maximum Gasteiger partial charge on any atom is 0.337 e. The number of nitrogens with one attached hydrogen (secondary N) is 1. The first-order valence-electron chi connectivity index (χ1n) is 11.1. The zero-order valence-electron chi connectivity index (χ0n) is 19.6. The maximum absolute atomic E-state index is 13.2. The van der Waals surface area contributed by atoms with Gasteiger partial charge in [0.1, 0.15) is 13.2 Å². The summed E-state index contributed by atoms with van der Waals surface area (Å²) in [6.45, 7) is 5.62. The van der Waals surface area contributed by atoms with E-state index in [0.717, 1.165) is 16.7 Å². The number of hydrogen-bond acceptors (Lipinski definition) is 6. The average Bonchev–Trinajstić information content (AvgIpc) is 2.82. The summed E-state index contributed by atoms with van der Waals surface area (Å²) in [6.07, 6.45) is 3.75. The van der Waals surface area contributed by atoms with Crippen molar-refractivity contribution in [2.45, 2.75) is 33.1 Å². The molecule has 0 amide bonds. The Hall–Kier alpha value is -4.11. The fraction of sp³-hybridized carbons (Fsp3) is 0.250. The smallest absolute Gasteiger partial charge is 0.337 e. The van der Waals surface area contributed by atoms with E-state index in [2.05, 4.69) is 5.32 Å². The monoisotopic (exact) mass is 456 g/mol.